The number of nitrogens with zero attached hydrogens (tertiary/aromatic N) is 2. The van der Waals surface area contributed by atoms with Gasteiger partial charge in [-0.25, -0.2) is 9.37 Å². The third kappa shape index (κ3) is 2.68. The van der Waals surface area contributed by atoms with Crippen molar-refractivity contribution < 1.29 is 4.39 Å². The van der Waals surface area contributed by atoms with Crippen molar-refractivity contribution in [2.75, 3.05) is 0 Å². The van der Waals surface area contributed by atoms with Crippen LogP contribution in [0.25, 0.3) is 22.5 Å². The van der Waals surface area contributed by atoms with E-state index in [1.54, 1.807) is 18.3 Å². The monoisotopic (exact) mass is 278 g/mol. The van der Waals surface area contributed by atoms with Gasteiger partial charge in [0.25, 0.3) is 0 Å². The number of hydrogen-bond acceptors (Lipinski definition) is 2. The van der Waals surface area contributed by atoms with Gasteiger partial charge in [0.05, 0.1) is 23.3 Å². The first kappa shape index (κ1) is 13.4. The summed E-state index contributed by atoms with van der Waals surface area (Å²) in [5, 5.41) is 0. The number of hydrogen-bond donors (Lipinski definition) is 0. The van der Waals surface area contributed by atoms with Crippen molar-refractivity contribution in [3.8, 4) is 22.5 Å². The summed E-state index contributed by atoms with van der Waals surface area (Å²) in [5.74, 6) is -0.250. The van der Waals surface area contributed by atoms with Gasteiger partial charge in [-0.2, -0.15) is 0 Å². The molecule has 3 aromatic rings. The second kappa shape index (κ2) is 5.44. The molecule has 0 atom stereocenters. The molecule has 1 heterocycles. The van der Waals surface area contributed by atoms with Crippen molar-refractivity contribution in [3.63, 3.8) is 0 Å². The highest BCUT2D eigenvalue weighted by atomic mass is 19.1. The molecule has 0 saturated heterocycles. The van der Waals surface area contributed by atoms with Gasteiger partial charge in [-0.15, -0.1) is 0 Å². The third-order valence-corrected chi connectivity index (χ3v) is 3.49. The van der Waals surface area contributed by atoms with Gasteiger partial charge in [-0.1, -0.05) is 24.3 Å². The van der Waals surface area contributed by atoms with Crippen molar-refractivity contribution in [2.45, 2.75) is 13.8 Å². The first-order valence-electron chi connectivity index (χ1n) is 6.81. The lowest BCUT2D eigenvalue weighted by Crippen LogP contribution is -1.96. The Balaban J connectivity index is 2.04. The van der Waals surface area contributed by atoms with Crippen LogP contribution in [0.15, 0.2) is 54.7 Å². The summed E-state index contributed by atoms with van der Waals surface area (Å²) in [6.45, 7) is 4.01. The molecule has 3 rings (SSSR count). The smallest absolute Gasteiger partial charge is 0.123 e. The molecule has 0 fully saturated rings. The van der Waals surface area contributed by atoms with Gasteiger partial charge in [-0.3, -0.25) is 4.98 Å². The molecule has 0 aliphatic rings. The Morgan fingerprint density at radius 1 is 0.905 bits per heavy atom. The molecule has 0 saturated carbocycles. The summed E-state index contributed by atoms with van der Waals surface area (Å²) < 4.78 is 13.0. The average molecular weight is 278 g/mol. The summed E-state index contributed by atoms with van der Waals surface area (Å²) in [5.41, 5.74) is 5.64. The Hall–Kier alpha value is -2.55. The van der Waals surface area contributed by atoms with Gasteiger partial charge in [0.15, 0.2) is 0 Å². The van der Waals surface area contributed by atoms with E-state index in [0.29, 0.717) is 0 Å². The molecule has 0 spiro atoms. The molecule has 2 nitrogen and oxygen atoms in total. The summed E-state index contributed by atoms with van der Waals surface area (Å²) in [6.07, 6.45) is 1.74. The van der Waals surface area contributed by atoms with E-state index in [4.69, 9.17) is 0 Å². The molecular weight excluding hydrogens is 263 g/mol. The standard InChI is InChI=1S/C18H15FN2/c1-12-5-3-4-6-16(12)18-13(2)21-17(11-20-18)14-7-9-15(19)10-8-14/h3-11H,1-2H3. The molecule has 0 radical (unpaired) electrons. The van der Waals surface area contributed by atoms with Crippen LogP contribution >= 0.6 is 0 Å². The van der Waals surface area contributed by atoms with Gasteiger partial charge in [-0.05, 0) is 43.7 Å². The quantitative estimate of drug-likeness (QED) is 0.686. The number of aromatic nitrogens is 2. The van der Waals surface area contributed by atoms with E-state index in [1.165, 1.54) is 17.7 Å². The summed E-state index contributed by atoms with van der Waals surface area (Å²) in [6, 6.07) is 14.4. The second-order valence-electron chi connectivity index (χ2n) is 5.01. The Kier molecular flexibility index (Phi) is 3.48. The van der Waals surface area contributed by atoms with Crippen LogP contribution in [0.3, 0.4) is 0 Å². The summed E-state index contributed by atoms with van der Waals surface area (Å²) in [4.78, 5) is 9.16. The van der Waals surface area contributed by atoms with E-state index in [2.05, 4.69) is 23.0 Å². The van der Waals surface area contributed by atoms with Crippen molar-refractivity contribution in [3.05, 3.63) is 71.8 Å². The van der Waals surface area contributed by atoms with E-state index < -0.39 is 0 Å². The van der Waals surface area contributed by atoms with Crippen LogP contribution in [0.5, 0.6) is 0 Å². The van der Waals surface area contributed by atoms with Crippen LogP contribution in [0.2, 0.25) is 0 Å². The topological polar surface area (TPSA) is 25.8 Å². The molecule has 2 aromatic carbocycles. The first-order valence-corrected chi connectivity index (χ1v) is 6.81. The highest BCUT2D eigenvalue weighted by molar-refractivity contribution is 5.67. The molecular formula is C18H15FN2. The van der Waals surface area contributed by atoms with Crippen LogP contribution in [0.1, 0.15) is 11.3 Å². The molecule has 0 unspecified atom stereocenters. The van der Waals surface area contributed by atoms with Crippen molar-refractivity contribution in [1.82, 2.24) is 9.97 Å². The minimum Gasteiger partial charge on any atom is -0.252 e. The fourth-order valence-electron chi connectivity index (χ4n) is 2.34. The molecule has 1 aromatic heterocycles. The van der Waals surface area contributed by atoms with Crippen molar-refractivity contribution in [1.29, 1.82) is 0 Å². The maximum absolute atomic E-state index is 13.0. The lowest BCUT2D eigenvalue weighted by molar-refractivity contribution is 0.628. The van der Waals surface area contributed by atoms with Crippen LogP contribution in [0.4, 0.5) is 4.39 Å². The van der Waals surface area contributed by atoms with Gasteiger partial charge in [0, 0.05) is 11.1 Å². The molecule has 21 heavy (non-hydrogen) atoms. The number of halogens is 1. The maximum atomic E-state index is 13.0. The van der Waals surface area contributed by atoms with Gasteiger partial charge >= 0.3 is 0 Å². The fourth-order valence-corrected chi connectivity index (χ4v) is 2.34. The van der Waals surface area contributed by atoms with E-state index in [1.807, 2.05) is 25.1 Å². The summed E-state index contributed by atoms with van der Waals surface area (Å²) >= 11 is 0. The molecule has 0 amide bonds. The molecule has 0 bridgehead atoms. The lowest BCUT2D eigenvalue weighted by Gasteiger charge is -2.09. The van der Waals surface area contributed by atoms with Gasteiger partial charge < -0.3 is 0 Å². The first-order chi connectivity index (χ1) is 10.1. The molecule has 0 N–H and O–H groups in total. The number of rotatable bonds is 2. The van der Waals surface area contributed by atoms with Crippen LogP contribution in [-0.4, -0.2) is 9.97 Å². The minimum atomic E-state index is -0.250. The zero-order valence-corrected chi connectivity index (χ0v) is 12.0. The predicted octanol–water partition coefficient (Wildman–Crippen LogP) is 4.57. The third-order valence-electron chi connectivity index (χ3n) is 3.49. The zero-order chi connectivity index (χ0) is 14.8. The predicted molar refractivity (Wildman–Crippen MR) is 82.3 cm³/mol. The van der Waals surface area contributed by atoms with E-state index in [0.717, 1.165) is 28.2 Å². The van der Waals surface area contributed by atoms with E-state index in [-0.39, 0.29) is 5.82 Å². The number of aryl methyl sites for hydroxylation is 2. The van der Waals surface area contributed by atoms with E-state index >= 15 is 0 Å². The van der Waals surface area contributed by atoms with Crippen LogP contribution in [0, 0.1) is 19.7 Å². The Bertz CT molecular complexity index is 779. The Labute approximate surface area is 123 Å². The average Bonchev–Trinajstić information content (AvgIpc) is 2.49. The SMILES string of the molecule is Cc1ccccc1-c1ncc(-c2ccc(F)cc2)nc1C. The maximum Gasteiger partial charge on any atom is 0.123 e. The lowest BCUT2D eigenvalue weighted by atomic mass is 10.0. The van der Waals surface area contributed by atoms with E-state index in [9.17, 15) is 4.39 Å². The van der Waals surface area contributed by atoms with Crippen molar-refractivity contribution in [2.24, 2.45) is 0 Å². The molecule has 104 valence electrons. The number of benzene rings is 2. The highest BCUT2D eigenvalue weighted by Gasteiger charge is 2.09. The zero-order valence-electron chi connectivity index (χ0n) is 12.0. The Morgan fingerprint density at radius 3 is 2.29 bits per heavy atom. The largest absolute Gasteiger partial charge is 0.252 e. The second-order valence-corrected chi connectivity index (χ2v) is 5.01. The Morgan fingerprint density at radius 2 is 1.62 bits per heavy atom. The fraction of sp³-hybridized carbons (Fsp3) is 0.111. The molecule has 0 aliphatic carbocycles. The van der Waals surface area contributed by atoms with Gasteiger partial charge in [0.1, 0.15) is 5.82 Å². The summed E-state index contributed by atoms with van der Waals surface area (Å²) in [7, 11) is 0. The van der Waals surface area contributed by atoms with Crippen LogP contribution in [-0.2, 0) is 0 Å². The molecule has 0 aliphatic heterocycles. The minimum absolute atomic E-state index is 0.250. The highest BCUT2D eigenvalue weighted by Crippen LogP contribution is 2.25. The van der Waals surface area contributed by atoms with Crippen LogP contribution < -0.4 is 0 Å². The van der Waals surface area contributed by atoms with Gasteiger partial charge in [0.2, 0.25) is 0 Å². The van der Waals surface area contributed by atoms with Crippen molar-refractivity contribution >= 4 is 0 Å². The normalized spacial score (nSPS) is 10.6. The molecule has 3 heteroatoms.